The largest absolute Gasteiger partial charge is 0.310 e. The maximum Gasteiger partial charge on any atom is 0.0208 e. The fourth-order valence-corrected chi connectivity index (χ4v) is 3.72. The second-order valence-corrected chi connectivity index (χ2v) is 7.82. The molecular weight excluding hydrogens is 310 g/mol. The van der Waals surface area contributed by atoms with Gasteiger partial charge in [0, 0.05) is 17.1 Å². The summed E-state index contributed by atoms with van der Waals surface area (Å²) in [5.41, 5.74) is 1.89. The molecule has 0 amide bonds. The molecule has 0 unspecified atom stereocenters. The van der Waals surface area contributed by atoms with Gasteiger partial charge in [0.2, 0.25) is 0 Å². The number of rotatable bonds is 5. The third kappa shape index (κ3) is 4.33. The smallest absolute Gasteiger partial charge is 0.0208 e. The molecule has 2 rings (SSSR count). The highest BCUT2D eigenvalue weighted by Crippen LogP contribution is 2.40. The maximum atomic E-state index is 3.73. The highest BCUT2D eigenvalue weighted by Gasteiger charge is 2.31. The first-order chi connectivity index (χ1) is 9.51. The van der Waals surface area contributed by atoms with Crippen LogP contribution >= 0.6 is 15.9 Å². The molecule has 0 saturated heterocycles. The molecule has 1 aliphatic rings. The highest BCUT2D eigenvalue weighted by molar-refractivity contribution is 9.10. The molecule has 1 N–H and O–H groups in total. The Bertz CT molecular complexity index is 419. The van der Waals surface area contributed by atoms with Crippen LogP contribution in [0.2, 0.25) is 0 Å². The second kappa shape index (κ2) is 7.09. The lowest BCUT2D eigenvalue weighted by Crippen LogP contribution is -2.36. The third-order valence-electron chi connectivity index (χ3n) is 5.23. The molecule has 0 aromatic heterocycles. The Hall–Kier alpha value is -0.340. The highest BCUT2D eigenvalue weighted by atomic mass is 79.9. The van der Waals surface area contributed by atoms with Crippen LogP contribution in [0.3, 0.4) is 0 Å². The van der Waals surface area contributed by atoms with Crippen LogP contribution in [0.15, 0.2) is 28.7 Å². The van der Waals surface area contributed by atoms with Crippen molar-refractivity contribution in [2.45, 2.75) is 65.5 Å². The Morgan fingerprint density at radius 1 is 1.20 bits per heavy atom. The van der Waals surface area contributed by atoms with Gasteiger partial charge in [-0.1, -0.05) is 55.3 Å². The normalized spacial score (nSPS) is 23.8. The number of hydrogen-bond acceptors (Lipinski definition) is 1. The molecular formula is C18H28BrN. The Kier molecular flexibility index (Phi) is 5.68. The van der Waals surface area contributed by atoms with E-state index < -0.39 is 0 Å². The number of benzene rings is 1. The van der Waals surface area contributed by atoms with Gasteiger partial charge in [0.25, 0.3) is 0 Å². The van der Waals surface area contributed by atoms with Crippen LogP contribution in [0, 0.1) is 11.3 Å². The summed E-state index contributed by atoms with van der Waals surface area (Å²) in [4.78, 5) is 0. The van der Waals surface area contributed by atoms with Gasteiger partial charge >= 0.3 is 0 Å². The van der Waals surface area contributed by atoms with Gasteiger partial charge in [-0.25, -0.2) is 0 Å². The molecule has 112 valence electrons. The summed E-state index contributed by atoms with van der Waals surface area (Å²) in [5.74, 6) is 0.913. The van der Waals surface area contributed by atoms with E-state index in [2.05, 4.69) is 66.3 Å². The first-order valence-electron chi connectivity index (χ1n) is 7.99. The zero-order valence-electron chi connectivity index (χ0n) is 13.1. The monoisotopic (exact) mass is 337 g/mol. The van der Waals surface area contributed by atoms with E-state index in [1.807, 2.05) is 0 Å². The van der Waals surface area contributed by atoms with Crippen molar-refractivity contribution in [3.8, 4) is 0 Å². The van der Waals surface area contributed by atoms with E-state index in [1.54, 1.807) is 0 Å². The van der Waals surface area contributed by atoms with Crippen molar-refractivity contribution in [2.24, 2.45) is 11.3 Å². The fourth-order valence-electron chi connectivity index (χ4n) is 3.28. The first-order valence-corrected chi connectivity index (χ1v) is 8.78. The van der Waals surface area contributed by atoms with Crippen LogP contribution in [-0.2, 0) is 6.54 Å². The topological polar surface area (TPSA) is 12.0 Å². The van der Waals surface area contributed by atoms with Gasteiger partial charge in [-0.3, -0.25) is 0 Å². The quantitative estimate of drug-likeness (QED) is 0.744. The molecule has 0 bridgehead atoms. The lowest BCUT2D eigenvalue weighted by atomic mass is 9.69. The molecule has 1 aromatic rings. The molecule has 1 aliphatic carbocycles. The third-order valence-corrected chi connectivity index (χ3v) is 5.72. The number of hydrogen-bond donors (Lipinski definition) is 1. The van der Waals surface area contributed by atoms with Gasteiger partial charge in [0.15, 0.2) is 0 Å². The summed E-state index contributed by atoms with van der Waals surface area (Å²) in [6.07, 6.45) is 6.74. The minimum atomic E-state index is 0.523. The van der Waals surface area contributed by atoms with Crippen molar-refractivity contribution in [3.63, 3.8) is 0 Å². The zero-order chi connectivity index (χ0) is 14.6. The lowest BCUT2D eigenvalue weighted by Gasteiger charge is -2.39. The summed E-state index contributed by atoms with van der Waals surface area (Å²) < 4.78 is 1.17. The summed E-state index contributed by atoms with van der Waals surface area (Å²) in [6.45, 7) is 8.20. The fraction of sp³-hybridized carbons (Fsp3) is 0.667. The molecule has 0 aliphatic heterocycles. The first kappa shape index (κ1) is 16.0. The molecule has 1 aromatic carbocycles. The molecule has 0 radical (unpaired) electrons. The van der Waals surface area contributed by atoms with Crippen LogP contribution in [0.5, 0.6) is 0 Å². The lowest BCUT2D eigenvalue weighted by molar-refractivity contribution is 0.137. The summed E-state index contributed by atoms with van der Waals surface area (Å²) in [5, 5.41) is 3.73. The van der Waals surface area contributed by atoms with Crippen LogP contribution < -0.4 is 5.32 Å². The van der Waals surface area contributed by atoms with E-state index in [0.717, 1.165) is 12.5 Å². The van der Waals surface area contributed by atoms with E-state index in [0.29, 0.717) is 11.5 Å². The standard InChI is InChI=1S/C18H28BrN/c1-4-18(2,3)15-8-10-17(11-9-15)20-13-14-6-5-7-16(19)12-14/h5-7,12,15,17,20H,4,8-11,13H2,1-3H3. The van der Waals surface area contributed by atoms with Gasteiger partial charge in [0.1, 0.15) is 0 Å². The van der Waals surface area contributed by atoms with Gasteiger partial charge in [-0.2, -0.15) is 0 Å². The minimum absolute atomic E-state index is 0.523. The summed E-state index contributed by atoms with van der Waals surface area (Å²) in [6, 6.07) is 9.31. The van der Waals surface area contributed by atoms with E-state index in [4.69, 9.17) is 0 Å². The second-order valence-electron chi connectivity index (χ2n) is 6.90. The Balaban J connectivity index is 1.77. The Labute approximate surface area is 132 Å². The van der Waals surface area contributed by atoms with E-state index in [1.165, 1.54) is 42.1 Å². The molecule has 1 fully saturated rings. The number of nitrogens with one attached hydrogen (secondary N) is 1. The average Bonchev–Trinajstić information content (AvgIpc) is 2.46. The summed E-state index contributed by atoms with van der Waals surface area (Å²) >= 11 is 3.54. The van der Waals surface area contributed by atoms with Crippen molar-refractivity contribution >= 4 is 15.9 Å². The van der Waals surface area contributed by atoms with Gasteiger partial charge < -0.3 is 5.32 Å². The predicted molar refractivity (Wildman–Crippen MR) is 90.8 cm³/mol. The maximum absolute atomic E-state index is 3.73. The van der Waals surface area contributed by atoms with Crippen molar-refractivity contribution in [2.75, 3.05) is 0 Å². The van der Waals surface area contributed by atoms with E-state index in [-0.39, 0.29) is 0 Å². The minimum Gasteiger partial charge on any atom is -0.310 e. The van der Waals surface area contributed by atoms with Crippen LogP contribution in [0.1, 0.15) is 58.4 Å². The van der Waals surface area contributed by atoms with E-state index >= 15 is 0 Å². The summed E-state index contributed by atoms with van der Waals surface area (Å²) in [7, 11) is 0. The van der Waals surface area contributed by atoms with Crippen LogP contribution in [0.4, 0.5) is 0 Å². The van der Waals surface area contributed by atoms with Crippen molar-refractivity contribution in [3.05, 3.63) is 34.3 Å². The van der Waals surface area contributed by atoms with Gasteiger partial charge in [0.05, 0.1) is 0 Å². The SMILES string of the molecule is CCC(C)(C)C1CCC(NCc2cccc(Br)c2)CC1. The zero-order valence-corrected chi connectivity index (χ0v) is 14.7. The van der Waals surface area contributed by atoms with Crippen LogP contribution in [0.25, 0.3) is 0 Å². The molecule has 2 heteroatoms. The van der Waals surface area contributed by atoms with Crippen molar-refractivity contribution in [1.82, 2.24) is 5.32 Å². The molecule has 1 nitrogen and oxygen atoms in total. The Morgan fingerprint density at radius 2 is 1.90 bits per heavy atom. The van der Waals surface area contributed by atoms with Gasteiger partial charge in [-0.15, -0.1) is 0 Å². The average molecular weight is 338 g/mol. The molecule has 0 spiro atoms. The molecule has 0 atom stereocenters. The number of halogens is 1. The molecule has 1 saturated carbocycles. The van der Waals surface area contributed by atoms with Crippen molar-refractivity contribution in [1.29, 1.82) is 0 Å². The Morgan fingerprint density at radius 3 is 2.50 bits per heavy atom. The molecule has 0 heterocycles. The van der Waals surface area contributed by atoms with Crippen molar-refractivity contribution < 1.29 is 0 Å². The molecule has 20 heavy (non-hydrogen) atoms. The van der Waals surface area contributed by atoms with E-state index in [9.17, 15) is 0 Å². The van der Waals surface area contributed by atoms with Gasteiger partial charge in [-0.05, 0) is 54.7 Å². The predicted octanol–water partition coefficient (Wildman–Crippen LogP) is 5.53. The van der Waals surface area contributed by atoms with Crippen LogP contribution in [-0.4, -0.2) is 6.04 Å².